The topological polar surface area (TPSA) is 63.7 Å². The number of aromatic nitrogens is 4. The Balaban J connectivity index is 1.34. The van der Waals surface area contributed by atoms with E-state index in [0.717, 1.165) is 27.6 Å². The minimum atomic E-state index is -0.219. The molecule has 0 aliphatic rings. The third-order valence-electron chi connectivity index (χ3n) is 5.91. The van der Waals surface area contributed by atoms with Crippen molar-refractivity contribution in [2.75, 3.05) is 0 Å². The maximum Gasteiger partial charge on any atom is 0.176 e. The van der Waals surface area contributed by atoms with Crippen LogP contribution in [-0.2, 0) is 13.0 Å². The summed E-state index contributed by atoms with van der Waals surface area (Å²) in [5.41, 5.74) is 5.18. The fourth-order valence-corrected chi connectivity index (χ4v) is 5.12. The van der Waals surface area contributed by atoms with Crippen LogP contribution in [0.1, 0.15) is 35.4 Å². The molecule has 0 saturated carbocycles. The molecule has 1 N–H and O–H groups in total. The number of thiophene rings is 1. The minimum Gasteiger partial charge on any atom is -0.489 e. The third-order valence-corrected chi connectivity index (χ3v) is 6.91. The molecule has 0 radical (unpaired) electrons. The van der Waals surface area contributed by atoms with Gasteiger partial charge >= 0.3 is 0 Å². The molecule has 0 aliphatic heterocycles. The van der Waals surface area contributed by atoms with E-state index in [4.69, 9.17) is 4.74 Å². The van der Waals surface area contributed by atoms with Gasteiger partial charge in [0.25, 0.3) is 0 Å². The van der Waals surface area contributed by atoms with Crippen LogP contribution in [0.3, 0.4) is 0 Å². The molecule has 0 spiro atoms. The van der Waals surface area contributed by atoms with Gasteiger partial charge in [0.2, 0.25) is 0 Å². The van der Waals surface area contributed by atoms with Gasteiger partial charge in [-0.15, -0.1) is 27.5 Å². The van der Waals surface area contributed by atoms with Crippen molar-refractivity contribution in [1.29, 1.82) is 0 Å². The van der Waals surface area contributed by atoms with E-state index in [1.807, 2.05) is 54.8 Å². The van der Waals surface area contributed by atoms with E-state index < -0.39 is 0 Å². The van der Waals surface area contributed by atoms with Crippen molar-refractivity contribution >= 4 is 21.4 Å². The van der Waals surface area contributed by atoms with Crippen molar-refractivity contribution in [2.45, 2.75) is 32.8 Å². The minimum absolute atomic E-state index is 0.0402. The molecule has 35 heavy (non-hydrogen) atoms. The van der Waals surface area contributed by atoms with Gasteiger partial charge in [0, 0.05) is 17.4 Å². The molecule has 2 aromatic heterocycles. The van der Waals surface area contributed by atoms with Crippen LogP contribution in [-0.4, -0.2) is 20.6 Å². The highest BCUT2D eigenvalue weighted by atomic mass is 32.1. The molecule has 1 unspecified atom stereocenters. The molecule has 5 nitrogen and oxygen atoms in total. The smallest absolute Gasteiger partial charge is 0.176 e. The van der Waals surface area contributed by atoms with Crippen molar-refractivity contribution in [2.24, 2.45) is 0 Å². The van der Waals surface area contributed by atoms with Crippen LogP contribution >= 0.6 is 11.3 Å². The van der Waals surface area contributed by atoms with Crippen LogP contribution in [0.4, 0.5) is 4.39 Å². The number of hydrogen-bond donors (Lipinski definition) is 1. The lowest BCUT2D eigenvalue weighted by Gasteiger charge is -2.12. The van der Waals surface area contributed by atoms with E-state index in [-0.39, 0.29) is 18.3 Å². The summed E-state index contributed by atoms with van der Waals surface area (Å²) < 4.78 is 21.6. The quantitative estimate of drug-likeness (QED) is 0.271. The Kier molecular flexibility index (Phi) is 6.55. The van der Waals surface area contributed by atoms with Crippen LogP contribution in [0.5, 0.6) is 5.75 Å². The highest BCUT2D eigenvalue weighted by Gasteiger charge is 2.15. The highest BCUT2D eigenvalue weighted by molar-refractivity contribution is 7.17. The molecule has 0 aliphatic carbocycles. The number of tetrazole rings is 1. The number of hydrogen-bond acceptors (Lipinski definition) is 5. The first-order chi connectivity index (χ1) is 17.1. The standard InChI is InChI=1S/C28H23FN4OS/c1-3-6-21(15-27-30-32-33-31-27)20-9-11-22(12-10-20)34-16-19-13-24-25(17-35-28(24)26(29)14-19)23-8-5-4-7-18(23)2/h4-5,7-14,17,21H,15-16H2,1-2H3,(H,30,31,32,33). The summed E-state index contributed by atoms with van der Waals surface area (Å²) in [6.07, 6.45) is 0.570. The van der Waals surface area contributed by atoms with Crippen LogP contribution < -0.4 is 4.74 Å². The number of nitrogens with one attached hydrogen (secondary N) is 1. The predicted octanol–water partition coefficient (Wildman–Crippen LogP) is 6.46. The Morgan fingerprint density at radius 2 is 1.91 bits per heavy atom. The van der Waals surface area contributed by atoms with Gasteiger partial charge in [-0.1, -0.05) is 47.5 Å². The number of aryl methyl sites for hydroxylation is 1. The molecule has 7 heteroatoms. The first kappa shape index (κ1) is 22.8. The van der Waals surface area contributed by atoms with Gasteiger partial charge in [0.05, 0.1) is 10.6 Å². The van der Waals surface area contributed by atoms with Crippen LogP contribution in [0, 0.1) is 24.6 Å². The van der Waals surface area contributed by atoms with E-state index in [0.29, 0.717) is 22.7 Å². The molecule has 0 saturated heterocycles. The number of aromatic amines is 1. The zero-order chi connectivity index (χ0) is 24.2. The molecule has 0 fully saturated rings. The molecule has 0 bridgehead atoms. The fourth-order valence-electron chi connectivity index (χ4n) is 4.16. The lowest BCUT2D eigenvalue weighted by Crippen LogP contribution is -2.03. The Bertz CT molecular complexity index is 1510. The molecule has 174 valence electrons. The molecule has 1 atom stereocenters. The second kappa shape index (κ2) is 10.1. The summed E-state index contributed by atoms with van der Waals surface area (Å²) in [4.78, 5) is 0. The van der Waals surface area contributed by atoms with Crippen LogP contribution in [0.2, 0.25) is 0 Å². The van der Waals surface area contributed by atoms with Gasteiger partial charge in [0.15, 0.2) is 5.82 Å². The van der Waals surface area contributed by atoms with Gasteiger partial charge < -0.3 is 4.74 Å². The van der Waals surface area contributed by atoms with Gasteiger partial charge in [0.1, 0.15) is 18.2 Å². The average Bonchev–Trinajstić information content (AvgIpc) is 3.54. The monoisotopic (exact) mass is 482 g/mol. The first-order valence-electron chi connectivity index (χ1n) is 11.3. The number of nitrogens with zero attached hydrogens (tertiary/aromatic N) is 3. The largest absolute Gasteiger partial charge is 0.489 e. The van der Waals surface area contributed by atoms with E-state index >= 15 is 0 Å². The molecule has 3 aromatic carbocycles. The van der Waals surface area contributed by atoms with Crippen molar-refractivity contribution in [3.05, 3.63) is 94.4 Å². The average molecular weight is 483 g/mol. The molecule has 5 rings (SSSR count). The van der Waals surface area contributed by atoms with Gasteiger partial charge in [-0.05, 0) is 65.7 Å². The second-order valence-corrected chi connectivity index (χ2v) is 9.14. The lowest BCUT2D eigenvalue weighted by atomic mass is 9.96. The van der Waals surface area contributed by atoms with E-state index in [1.165, 1.54) is 16.9 Å². The second-order valence-electron chi connectivity index (χ2n) is 8.26. The summed E-state index contributed by atoms with van der Waals surface area (Å²) in [7, 11) is 0. The zero-order valence-electron chi connectivity index (χ0n) is 19.4. The zero-order valence-corrected chi connectivity index (χ0v) is 20.2. The predicted molar refractivity (Wildman–Crippen MR) is 137 cm³/mol. The number of halogens is 1. The molecule has 0 amide bonds. The lowest BCUT2D eigenvalue weighted by molar-refractivity contribution is 0.305. The summed E-state index contributed by atoms with van der Waals surface area (Å²) in [5, 5.41) is 17.1. The molecule has 2 heterocycles. The maximum absolute atomic E-state index is 14.9. The number of benzene rings is 3. The van der Waals surface area contributed by atoms with Crippen LogP contribution in [0.15, 0.2) is 66.0 Å². The number of H-pyrrole nitrogens is 1. The Labute approximate surface area is 207 Å². The van der Waals surface area contributed by atoms with Crippen molar-refractivity contribution in [1.82, 2.24) is 20.6 Å². The summed E-state index contributed by atoms with van der Waals surface area (Å²) in [6.45, 7) is 4.16. The summed E-state index contributed by atoms with van der Waals surface area (Å²) in [5.74, 6) is 7.25. The van der Waals surface area contributed by atoms with E-state index in [9.17, 15) is 4.39 Å². The summed E-state index contributed by atoms with van der Waals surface area (Å²) in [6, 6.07) is 19.6. The normalized spacial score (nSPS) is 11.7. The third kappa shape index (κ3) is 4.93. The maximum atomic E-state index is 14.9. The van der Waals surface area contributed by atoms with Crippen molar-refractivity contribution in [3.63, 3.8) is 0 Å². The molecular formula is C28H23FN4OS. The van der Waals surface area contributed by atoms with Gasteiger partial charge in [-0.2, -0.15) is 5.21 Å². The molecule has 5 aromatic rings. The Morgan fingerprint density at radius 3 is 2.66 bits per heavy atom. The van der Waals surface area contributed by atoms with E-state index in [2.05, 4.69) is 51.5 Å². The highest BCUT2D eigenvalue weighted by Crippen LogP contribution is 2.37. The van der Waals surface area contributed by atoms with Gasteiger partial charge in [-0.25, -0.2) is 4.39 Å². The number of rotatable bonds is 7. The van der Waals surface area contributed by atoms with Crippen LogP contribution in [0.25, 0.3) is 21.2 Å². The first-order valence-corrected chi connectivity index (χ1v) is 12.1. The Hall–Kier alpha value is -4.02. The van der Waals surface area contributed by atoms with Crippen molar-refractivity contribution in [3.8, 4) is 28.7 Å². The van der Waals surface area contributed by atoms with E-state index in [1.54, 1.807) is 6.07 Å². The number of fused-ring (bicyclic) bond motifs is 1. The van der Waals surface area contributed by atoms with Gasteiger partial charge in [-0.3, -0.25) is 0 Å². The Morgan fingerprint density at radius 1 is 1.09 bits per heavy atom. The summed E-state index contributed by atoms with van der Waals surface area (Å²) >= 11 is 1.43. The SMILES string of the molecule is CC#CC(Cc1nn[nH]n1)c1ccc(OCc2cc(F)c3scc(-c4ccccc4C)c3c2)cc1. The molecular weight excluding hydrogens is 459 g/mol. The fraction of sp³-hybridized carbons (Fsp3) is 0.179. The van der Waals surface area contributed by atoms with Crippen molar-refractivity contribution < 1.29 is 9.13 Å². The number of ether oxygens (including phenoxy) is 1.